The van der Waals surface area contributed by atoms with Gasteiger partial charge in [-0.15, -0.1) is 0 Å². The van der Waals surface area contributed by atoms with Gasteiger partial charge in [-0.2, -0.15) is 5.10 Å². The van der Waals surface area contributed by atoms with Crippen molar-refractivity contribution in [1.29, 1.82) is 0 Å². The van der Waals surface area contributed by atoms with Crippen LogP contribution in [-0.4, -0.2) is 18.0 Å². The SMILES string of the molecule is CC(=O)Nc1cccc(C(=O)NN=Cc2ccc(-c3cccc(Cl)c3)o2)c1. The van der Waals surface area contributed by atoms with Crippen molar-refractivity contribution < 1.29 is 14.0 Å². The number of amides is 2. The van der Waals surface area contributed by atoms with Crippen LogP contribution in [0.4, 0.5) is 5.69 Å². The predicted octanol–water partition coefficient (Wildman–Crippen LogP) is 4.32. The Balaban J connectivity index is 1.64. The van der Waals surface area contributed by atoms with Crippen LogP contribution in [0.1, 0.15) is 23.0 Å². The van der Waals surface area contributed by atoms with Gasteiger partial charge in [0.05, 0.1) is 6.21 Å². The second kappa shape index (κ2) is 8.33. The van der Waals surface area contributed by atoms with E-state index in [2.05, 4.69) is 15.8 Å². The Hall–Kier alpha value is -3.38. The zero-order chi connectivity index (χ0) is 19.2. The molecule has 1 aromatic heterocycles. The number of carbonyl (C=O) groups excluding carboxylic acids is 2. The van der Waals surface area contributed by atoms with Crippen LogP contribution in [0.3, 0.4) is 0 Å². The van der Waals surface area contributed by atoms with Crippen molar-refractivity contribution in [3.63, 3.8) is 0 Å². The van der Waals surface area contributed by atoms with E-state index < -0.39 is 5.91 Å². The summed E-state index contributed by atoms with van der Waals surface area (Å²) >= 11 is 5.98. The number of hydrogen-bond donors (Lipinski definition) is 2. The molecule has 0 fully saturated rings. The van der Waals surface area contributed by atoms with Gasteiger partial charge in [0.2, 0.25) is 5.91 Å². The highest BCUT2D eigenvalue weighted by atomic mass is 35.5. The fraction of sp³-hybridized carbons (Fsp3) is 0.0500. The highest BCUT2D eigenvalue weighted by Gasteiger charge is 2.07. The van der Waals surface area contributed by atoms with E-state index >= 15 is 0 Å². The monoisotopic (exact) mass is 381 g/mol. The molecule has 0 spiro atoms. The summed E-state index contributed by atoms with van der Waals surface area (Å²) in [5.74, 6) is 0.518. The number of furan rings is 1. The fourth-order valence-corrected chi connectivity index (χ4v) is 2.57. The molecule has 0 aliphatic carbocycles. The molecule has 0 bridgehead atoms. The molecule has 1 heterocycles. The van der Waals surface area contributed by atoms with Gasteiger partial charge in [-0.1, -0.05) is 29.8 Å². The summed E-state index contributed by atoms with van der Waals surface area (Å²) in [5, 5.41) is 7.14. The molecular weight excluding hydrogens is 366 g/mol. The van der Waals surface area contributed by atoms with Crippen molar-refractivity contribution in [2.24, 2.45) is 5.10 Å². The first-order chi connectivity index (χ1) is 13.0. The van der Waals surface area contributed by atoms with Crippen molar-refractivity contribution >= 4 is 35.3 Å². The fourth-order valence-electron chi connectivity index (χ4n) is 2.38. The molecule has 0 aliphatic rings. The lowest BCUT2D eigenvalue weighted by Gasteiger charge is -2.04. The van der Waals surface area contributed by atoms with Crippen molar-refractivity contribution in [1.82, 2.24) is 5.43 Å². The van der Waals surface area contributed by atoms with Gasteiger partial charge in [-0.3, -0.25) is 9.59 Å². The van der Waals surface area contributed by atoms with Crippen LogP contribution in [0.5, 0.6) is 0 Å². The van der Waals surface area contributed by atoms with E-state index in [1.54, 1.807) is 48.5 Å². The first-order valence-corrected chi connectivity index (χ1v) is 8.46. The van der Waals surface area contributed by atoms with E-state index in [9.17, 15) is 9.59 Å². The maximum atomic E-state index is 12.2. The van der Waals surface area contributed by atoms with Crippen LogP contribution in [0, 0.1) is 0 Å². The summed E-state index contributed by atoms with van der Waals surface area (Å²) in [6.07, 6.45) is 1.41. The molecule has 2 amide bonds. The van der Waals surface area contributed by atoms with Gasteiger partial charge in [-0.05, 0) is 42.5 Å². The molecule has 2 N–H and O–H groups in total. The van der Waals surface area contributed by atoms with Crippen LogP contribution in [0.2, 0.25) is 5.02 Å². The number of rotatable bonds is 5. The molecule has 0 radical (unpaired) electrons. The summed E-state index contributed by atoms with van der Waals surface area (Å²) in [6, 6.07) is 17.4. The third kappa shape index (κ3) is 5.05. The molecule has 6 nitrogen and oxygen atoms in total. The van der Waals surface area contributed by atoms with Crippen LogP contribution in [0.25, 0.3) is 11.3 Å². The molecule has 7 heteroatoms. The molecule has 0 aliphatic heterocycles. The highest BCUT2D eigenvalue weighted by Crippen LogP contribution is 2.24. The second-order valence-electron chi connectivity index (χ2n) is 5.67. The Bertz CT molecular complexity index is 1010. The normalized spacial score (nSPS) is 10.7. The number of hydrogen-bond acceptors (Lipinski definition) is 4. The molecular formula is C20H16ClN3O3. The average Bonchev–Trinajstić information content (AvgIpc) is 3.10. The average molecular weight is 382 g/mol. The van der Waals surface area contributed by atoms with Gasteiger partial charge in [-0.25, -0.2) is 5.43 Å². The summed E-state index contributed by atoms with van der Waals surface area (Å²) in [4.78, 5) is 23.2. The lowest BCUT2D eigenvalue weighted by Crippen LogP contribution is -2.18. The van der Waals surface area contributed by atoms with Crippen LogP contribution >= 0.6 is 11.6 Å². The Kier molecular flexibility index (Phi) is 5.68. The van der Waals surface area contributed by atoms with E-state index in [0.717, 1.165) is 5.56 Å². The minimum Gasteiger partial charge on any atom is -0.455 e. The molecule has 3 aromatic rings. The minimum absolute atomic E-state index is 0.209. The Morgan fingerprint density at radius 1 is 1.07 bits per heavy atom. The van der Waals surface area contributed by atoms with Crippen LogP contribution in [0.15, 0.2) is 70.2 Å². The van der Waals surface area contributed by atoms with Gasteiger partial charge >= 0.3 is 0 Å². The number of halogens is 1. The standard InChI is InChI=1S/C20H16ClN3O3/c1-13(25)23-17-7-3-5-15(11-17)20(26)24-22-12-18-8-9-19(27-18)14-4-2-6-16(21)10-14/h2-12H,1H3,(H,23,25)(H,24,26). The van der Waals surface area contributed by atoms with Crippen molar-refractivity contribution in [2.75, 3.05) is 5.32 Å². The molecule has 0 saturated carbocycles. The smallest absolute Gasteiger partial charge is 0.271 e. The molecule has 0 saturated heterocycles. The zero-order valence-electron chi connectivity index (χ0n) is 14.4. The predicted molar refractivity (Wildman–Crippen MR) is 105 cm³/mol. The van der Waals surface area contributed by atoms with E-state index in [4.69, 9.17) is 16.0 Å². The summed E-state index contributed by atoms with van der Waals surface area (Å²) < 4.78 is 5.67. The van der Waals surface area contributed by atoms with Gasteiger partial charge in [0.15, 0.2) is 0 Å². The number of benzene rings is 2. The third-order valence-electron chi connectivity index (χ3n) is 3.54. The maximum absolute atomic E-state index is 12.2. The number of anilines is 1. The van der Waals surface area contributed by atoms with Gasteiger partial charge < -0.3 is 9.73 Å². The molecule has 27 heavy (non-hydrogen) atoms. The third-order valence-corrected chi connectivity index (χ3v) is 3.77. The number of nitrogens with one attached hydrogen (secondary N) is 2. The lowest BCUT2D eigenvalue weighted by molar-refractivity contribution is -0.114. The Morgan fingerprint density at radius 3 is 2.67 bits per heavy atom. The molecule has 2 aromatic carbocycles. The number of carbonyl (C=O) groups is 2. The van der Waals surface area contributed by atoms with E-state index in [1.807, 2.05) is 12.1 Å². The second-order valence-corrected chi connectivity index (χ2v) is 6.11. The van der Waals surface area contributed by atoms with Crippen molar-refractivity contribution in [3.05, 3.63) is 77.0 Å². The molecule has 0 atom stereocenters. The van der Waals surface area contributed by atoms with Gasteiger partial charge in [0, 0.05) is 28.8 Å². The highest BCUT2D eigenvalue weighted by molar-refractivity contribution is 6.30. The first-order valence-electron chi connectivity index (χ1n) is 8.08. The minimum atomic E-state index is -0.403. The van der Waals surface area contributed by atoms with Gasteiger partial charge in [0.25, 0.3) is 5.91 Å². The molecule has 0 unspecified atom stereocenters. The van der Waals surface area contributed by atoms with Crippen molar-refractivity contribution in [3.8, 4) is 11.3 Å². The quantitative estimate of drug-likeness (QED) is 0.510. The van der Waals surface area contributed by atoms with E-state index in [0.29, 0.717) is 27.8 Å². The summed E-state index contributed by atoms with van der Waals surface area (Å²) in [7, 11) is 0. The zero-order valence-corrected chi connectivity index (χ0v) is 15.2. The number of hydrazone groups is 1. The van der Waals surface area contributed by atoms with Gasteiger partial charge in [0.1, 0.15) is 11.5 Å². The summed E-state index contributed by atoms with van der Waals surface area (Å²) in [5.41, 5.74) is 4.18. The molecule has 3 rings (SSSR count). The Labute approximate surface area is 160 Å². The summed E-state index contributed by atoms with van der Waals surface area (Å²) in [6.45, 7) is 1.40. The van der Waals surface area contributed by atoms with Crippen LogP contribution in [-0.2, 0) is 4.79 Å². The van der Waals surface area contributed by atoms with E-state index in [-0.39, 0.29) is 5.91 Å². The molecule has 136 valence electrons. The maximum Gasteiger partial charge on any atom is 0.271 e. The largest absolute Gasteiger partial charge is 0.455 e. The topological polar surface area (TPSA) is 83.7 Å². The first kappa shape index (κ1) is 18.4. The number of nitrogens with zero attached hydrogens (tertiary/aromatic N) is 1. The van der Waals surface area contributed by atoms with Crippen molar-refractivity contribution in [2.45, 2.75) is 6.92 Å². The van der Waals surface area contributed by atoms with E-state index in [1.165, 1.54) is 13.1 Å². The van der Waals surface area contributed by atoms with Crippen LogP contribution < -0.4 is 10.7 Å². The lowest BCUT2D eigenvalue weighted by atomic mass is 10.2. The Morgan fingerprint density at radius 2 is 1.89 bits per heavy atom.